The molecule has 0 heterocycles. The number of unbranched alkanes of at least 4 members (excludes halogenated alkanes) is 2. The smallest absolute Gasteiger partial charge is 0.0366 e. The molecule has 2 nitrogen and oxygen atoms in total. The van der Waals surface area contributed by atoms with Gasteiger partial charge in [0, 0.05) is 25.3 Å². The second-order valence-corrected chi connectivity index (χ2v) is 5.43. The second kappa shape index (κ2) is 8.15. The van der Waals surface area contributed by atoms with E-state index < -0.39 is 0 Å². The van der Waals surface area contributed by atoms with Crippen molar-refractivity contribution in [3.05, 3.63) is 29.8 Å². The van der Waals surface area contributed by atoms with Crippen LogP contribution in [0.2, 0.25) is 0 Å². The van der Waals surface area contributed by atoms with Crippen LogP contribution in [0.4, 0.5) is 5.69 Å². The van der Waals surface area contributed by atoms with Crippen LogP contribution in [0.1, 0.15) is 38.7 Å². The van der Waals surface area contributed by atoms with Gasteiger partial charge in [0.05, 0.1) is 0 Å². The third kappa shape index (κ3) is 6.06. The van der Waals surface area contributed by atoms with Crippen LogP contribution in [0, 0.1) is 6.92 Å². The van der Waals surface area contributed by atoms with Crippen molar-refractivity contribution in [1.82, 2.24) is 5.32 Å². The lowest BCUT2D eigenvalue weighted by Crippen LogP contribution is -2.24. The van der Waals surface area contributed by atoms with Gasteiger partial charge in [-0.1, -0.05) is 32.4 Å². The van der Waals surface area contributed by atoms with Crippen molar-refractivity contribution in [2.75, 3.05) is 25.0 Å². The zero-order chi connectivity index (χ0) is 13.4. The summed E-state index contributed by atoms with van der Waals surface area (Å²) < 4.78 is 0. The third-order valence-electron chi connectivity index (χ3n) is 3.17. The van der Waals surface area contributed by atoms with Gasteiger partial charge < -0.3 is 10.2 Å². The van der Waals surface area contributed by atoms with E-state index in [2.05, 4.69) is 62.3 Å². The van der Waals surface area contributed by atoms with Gasteiger partial charge in [-0.25, -0.2) is 0 Å². The summed E-state index contributed by atoms with van der Waals surface area (Å²) in [5.41, 5.74) is 2.66. The van der Waals surface area contributed by atoms with E-state index in [4.69, 9.17) is 0 Å². The van der Waals surface area contributed by atoms with Crippen LogP contribution < -0.4 is 10.2 Å². The maximum atomic E-state index is 3.46. The topological polar surface area (TPSA) is 15.3 Å². The molecule has 0 aliphatic rings. The van der Waals surface area contributed by atoms with Gasteiger partial charge in [-0.05, 0) is 44.0 Å². The minimum atomic E-state index is 0.611. The zero-order valence-corrected chi connectivity index (χ0v) is 12.4. The Morgan fingerprint density at radius 2 is 1.94 bits per heavy atom. The highest BCUT2D eigenvalue weighted by Crippen LogP contribution is 2.14. The quantitative estimate of drug-likeness (QED) is 0.707. The number of hydrogen-bond acceptors (Lipinski definition) is 2. The normalized spacial score (nSPS) is 10.9. The summed E-state index contributed by atoms with van der Waals surface area (Å²) in [6, 6.07) is 9.33. The predicted molar refractivity (Wildman–Crippen MR) is 81.4 cm³/mol. The molecule has 1 N–H and O–H groups in total. The van der Waals surface area contributed by atoms with Crippen molar-refractivity contribution in [3.8, 4) is 0 Å². The Hall–Kier alpha value is -1.02. The van der Waals surface area contributed by atoms with E-state index in [1.165, 1.54) is 30.5 Å². The number of nitrogens with zero attached hydrogens (tertiary/aromatic N) is 1. The van der Waals surface area contributed by atoms with Gasteiger partial charge in [-0.2, -0.15) is 0 Å². The molecular weight excluding hydrogens is 220 g/mol. The summed E-state index contributed by atoms with van der Waals surface area (Å²) in [6.45, 7) is 8.84. The maximum absolute atomic E-state index is 3.46. The Bertz CT molecular complexity index is 334. The van der Waals surface area contributed by atoms with Crippen molar-refractivity contribution < 1.29 is 0 Å². The molecule has 102 valence electrons. The van der Waals surface area contributed by atoms with Gasteiger partial charge in [-0.15, -0.1) is 0 Å². The summed E-state index contributed by atoms with van der Waals surface area (Å²) in [5.74, 6) is 0. The fourth-order valence-corrected chi connectivity index (χ4v) is 2.04. The van der Waals surface area contributed by atoms with Crippen LogP contribution in [0.5, 0.6) is 0 Å². The highest BCUT2D eigenvalue weighted by atomic mass is 15.1. The summed E-state index contributed by atoms with van der Waals surface area (Å²) in [7, 11) is 2.18. The van der Waals surface area contributed by atoms with Crippen LogP contribution in [0.3, 0.4) is 0 Å². The Balaban J connectivity index is 2.15. The van der Waals surface area contributed by atoms with Crippen LogP contribution in [-0.4, -0.2) is 26.2 Å². The lowest BCUT2D eigenvalue weighted by Gasteiger charge is -2.19. The van der Waals surface area contributed by atoms with Gasteiger partial charge in [0.15, 0.2) is 0 Å². The van der Waals surface area contributed by atoms with Crippen molar-refractivity contribution >= 4 is 5.69 Å². The molecule has 0 bridgehead atoms. The largest absolute Gasteiger partial charge is 0.375 e. The minimum absolute atomic E-state index is 0.611. The van der Waals surface area contributed by atoms with Gasteiger partial charge in [-0.3, -0.25) is 0 Å². The minimum Gasteiger partial charge on any atom is -0.375 e. The molecular formula is C16H28N2. The average Bonchev–Trinajstić information content (AvgIpc) is 2.33. The highest BCUT2D eigenvalue weighted by Gasteiger charge is 2.00. The molecule has 0 aromatic heterocycles. The van der Waals surface area contributed by atoms with Crippen molar-refractivity contribution in [3.63, 3.8) is 0 Å². The molecule has 1 aromatic carbocycles. The monoisotopic (exact) mass is 248 g/mol. The molecule has 0 radical (unpaired) electrons. The Labute approximate surface area is 112 Å². The molecule has 0 aliphatic heterocycles. The first-order chi connectivity index (χ1) is 8.59. The molecule has 0 spiro atoms. The average molecular weight is 248 g/mol. The van der Waals surface area contributed by atoms with Gasteiger partial charge in [0.1, 0.15) is 0 Å². The molecule has 0 fully saturated rings. The van der Waals surface area contributed by atoms with Crippen LogP contribution in [-0.2, 0) is 0 Å². The molecule has 1 aromatic rings. The van der Waals surface area contributed by atoms with Crippen LogP contribution >= 0.6 is 0 Å². The number of rotatable bonds is 8. The van der Waals surface area contributed by atoms with E-state index in [9.17, 15) is 0 Å². The molecule has 18 heavy (non-hydrogen) atoms. The Kier molecular flexibility index (Phi) is 6.81. The molecule has 2 heteroatoms. The van der Waals surface area contributed by atoms with E-state index in [1.54, 1.807) is 0 Å². The predicted octanol–water partition coefficient (Wildman–Crippen LogP) is 3.60. The van der Waals surface area contributed by atoms with E-state index in [0.717, 1.165) is 13.1 Å². The van der Waals surface area contributed by atoms with Crippen molar-refractivity contribution in [2.24, 2.45) is 0 Å². The first-order valence-corrected chi connectivity index (χ1v) is 7.11. The molecule has 0 unspecified atom stereocenters. The maximum Gasteiger partial charge on any atom is 0.0366 e. The summed E-state index contributed by atoms with van der Waals surface area (Å²) in [5, 5.41) is 3.46. The molecule has 0 atom stereocenters. The number of hydrogen-bond donors (Lipinski definition) is 1. The lowest BCUT2D eigenvalue weighted by molar-refractivity contribution is 0.548. The van der Waals surface area contributed by atoms with Gasteiger partial charge >= 0.3 is 0 Å². The molecule has 0 saturated carbocycles. The fourth-order valence-electron chi connectivity index (χ4n) is 2.04. The number of nitrogens with one attached hydrogen (secondary N) is 1. The molecule has 0 aliphatic carbocycles. The van der Waals surface area contributed by atoms with Crippen LogP contribution in [0.25, 0.3) is 0 Å². The van der Waals surface area contributed by atoms with E-state index in [-0.39, 0.29) is 0 Å². The molecule has 0 saturated heterocycles. The fraction of sp³-hybridized carbons (Fsp3) is 0.625. The summed E-state index contributed by atoms with van der Waals surface area (Å²) in [6.07, 6.45) is 3.85. The molecule has 0 amide bonds. The Morgan fingerprint density at radius 3 is 2.61 bits per heavy atom. The summed E-state index contributed by atoms with van der Waals surface area (Å²) >= 11 is 0. The Morgan fingerprint density at radius 1 is 1.17 bits per heavy atom. The first kappa shape index (κ1) is 15.0. The van der Waals surface area contributed by atoms with E-state index >= 15 is 0 Å². The van der Waals surface area contributed by atoms with Crippen molar-refractivity contribution in [2.45, 2.75) is 46.1 Å². The summed E-state index contributed by atoms with van der Waals surface area (Å²) in [4.78, 5) is 2.35. The number of benzene rings is 1. The first-order valence-electron chi connectivity index (χ1n) is 7.11. The third-order valence-corrected chi connectivity index (χ3v) is 3.17. The number of anilines is 1. The number of aryl methyl sites for hydroxylation is 1. The standard InChI is InChI=1S/C16H28N2/c1-14(2)17-11-6-5-7-12-18(4)16-10-8-9-15(3)13-16/h8-10,13-14,17H,5-7,11-12H2,1-4H3. The van der Waals surface area contributed by atoms with E-state index in [1.807, 2.05) is 0 Å². The van der Waals surface area contributed by atoms with Crippen LogP contribution in [0.15, 0.2) is 24.3 Å². The zero-order valence-electron chi connectivity index (χ0n) is 12.4. The van der Waals surface area contributed by atoms with Crippen molar-refractivity contribution in [1.29, 1.82) is 0 Å². The lowest BCUT2D eigenvalue weighted by atomic mass is 10.2. The highest BCUT2D eigenvalue weighted by molar-refractivity contribution is 5.47. The van der Waals surface area contributed by atoms with Gasteiger partial charge in [0.25, 0.3) is 0 Å². The van der Waals surface area contributed by atoms with E-state index in [0.29, 0.717) is 6.04 Å². The van der Waals surface area contributed by atoms with Gasteiger partial charge in [0.2, 0.25) is 0 Å². The molecule has 1 rings (SSSR count). The SMILES string of the molecule is Cc1cccc(N(C)CCCCCNC(C)C)c1. The second-order valence-electron chi connectivity index (χ2n) is 5.43.